The van der Waals surface area contributed by atoms with E-state index in [4.69, 9.17) is 5.73 Å². The molecule has 2 heteroatoms. The predicted molar refractivity (Wildman–Crippen MR) is 62.8 cm³/mol. The van der Waals surface area contributed by atoms with E-state index in [2.05, 4.69) is 45.0 Å². The fourth-order valence-corrected chi connectivity index (χ4v) is 3.96. The third kappa shape index (κ3) is 1.47. The first-order chi connectivity index (χ1) is 6.52. The van der Waals surface area contributed by atoms with Gasteiger partial charge in [-0.25, -0.2) is 0 Å². The van der Waals surface area contributed by atoms with Crippen molar-refractivity contribution in [3.8, 4) is 0 Å². The predicted octanol–water partition coefficient (Wildman–Crippen LogP) is 3.00. The van der Waals surface area contributed by atoms with Gasteiger partial charge in [0.1, 0.15) is 0 Å². The first-order valence-corrected chi connectivity index (χ1v) is 5.87. The smallest absolute Gasteiger partial charge is 0.0234 e. The van der Waals surface area contributed by atoms with Crippen molar-refractivity contribution in [1.29, 1.82) is 0 Å². The van der Waals surface area contributed by atoms with E-state index in [0.29, 0.717) is 5.92 Å². The minimum absolute atomic E-state index is 0.223. The molecule has 2 unspecified atom stereocenters. The van der Waals surface area contributed by atoms with Crippen molar-refractivity contribution < 1.29 is 0 Å². The summed E-state index contributed by atoms with van der Waals surface area (Å²) in [5.74, 6) is 0.476. The Kier molecular flexibility index (Phi) is 2.36. The first kappa shape index (κ1) is 10.1. The van der Waals surface area contributed by atoms with Gasteiger partial charge in [0.05, 0.1) is 0 Å². The van der Waals surface area contributed by atoms with Gasteiger partial charge in [-0.1, -0.05) is 18.2 Å². The molecule has 2 N–H and O–H groups in total. The standard InChI is InChI=1S/C12H17NS/c1-8(13)11-9-6-4-5-7-10(9)14-12(11,2)3/h4-8,11H,13H2,1-3H3. The van der Waals surface area contributed by atoms with E-state index in [9.17, 15) is 0 Å². The van der Waals surface area contributed by atoms with E-state index >= 15 is 0 Å². The van der Waals surface area contributed by atoms with Crippen LogP contribution in [-0.4, -0.2) is 10.8 Å². The average Bonchev–Trinajstić information content (AvgIpc) is 2.33. The molecule has 1 aliphatic heterocycles. The molecular weight excluding hydrogens is 190 g/mol. The summed E-state index contributed by atoms with van der Waals surface area (Å²) in [6.45, 7) is 6.67. The molecule has 0 amide bonds. The van der Waals surface area contributed by atoms with Gasteiger partial charge in [0.25, 0.3) is 0 Å². The lowest BCUT2D eigenvalue weighted by molar-refractivity contribution is 0.480. The highest BCUT2D eigenvalue weighted by Gasteiger charge is 2.41. The summed E-state index contributed by atoms with van der Waals surface area (Å²) in [6, 6.07) is 8.85. The molecule has 0 saturated carbocycles. The number of hydrogen-bond donors (Lipinski definition) is 1. The van der Waals surface area contributed by atoms with Crippen LogP contribution in [0.2, 0.25) is 0 Å². The quantitative estimate of drug-likeness (QED) is 0.766. The molecule has 1 nitrogen and oxygen atoms in total. The molecule has 2 atom stereocenters. The molecule has 0 bridgehead atoms. The first-order valence-electron chi connectivity index (χ1n) is 5.06. The van der Waals surface area contributed by atoms with Crippen LogP contribution in [0.3, 0.4) is 0 Å². The van der Waals surface area contributed by atoms with E-state index in [-0.39, 0.29) is 10.8 Å². The van der Waals surface area contributed by atoms with Crippen LogP contribution in [0.1, 0.15) is 32.3 Å². The maximum Gasteiger partial charge on any atom is 0.0234 e. The van der Waals surface area contributed by atoms with Gasteiger partial charge in [0, 0.05) is 21.6 Å². The lowest BCUT2D eigenvalue weighted by Crippen LogP contribution is -2.35. The molecule has 0 aliphatic carbocycles. The summed E-state index contributed by atoms with van der Waals surface area (Å²) < 4.78 is 0.234. The maximum absolute atomic E-state index is 6.07. The molecule has 1 heterocycles. The van der Waals surface area contributed by atoms with Crippen LogP contribution in [-0.2, 0) is 0 Å². The summed E-state index contributed by atoms with van der Waals surface area (Å²) in [7, 11) is 0. The van der Waals surface area contributed by atoms with Crippen molar-refractivity contribution in [2.45, 2.75) is 42.4 Å². The summed E-state index contributed by atoms with van der Waals surface area (Å²) >= 11 is 1.95. The van der Waals surface area contributed by atoms with Crippen molar-refractivity contribution in [2.75, 3.05) is 0 Å². The SMILES string of the molecule is CC(N)C1c2ccccc2SC1(C)C. The highest BCUT2D eigenvalue weighted by molar-refractivity contribution is 8.01. The monoisotopic (exact) mass is 207 g/mol. The molecule has 0 saturated heterocycles. The highest BCUT2D eigenvalue weighted by atomic mass is 32.2. The van der Waals surface area contributed by atoms with Gasteiger partial charge in [-0.05, 0) is 32.4 Å². The van der Waals surface area contributed by atoms with Gasteiger partial charge in [-0.3, -0.25) is 0 Å². The molecule has 1 aromatic rings. The normalized spacial score (nSPS) is 25.9. The minimum atomic E-state index is 0.223. The van der Waals surface area contributed by atoms with Crippen LogP contribution in [0.25, 0.3) is 0 Å². The average molecular weight is 207 g/mol. The second kappa shape index (κ2) is 3.28. The second-order valence-electron chi connectivity index (χ2n) is 4.58. The lowest BCUT2D eigenvalue weighted by Gasteiger charge is -2.29. The number of benzene rings is 1. The fourth-order valence-electron chi connectivity index (χ4n) is 2.47. The largest absolute Gasteiger partial charge is 0.327 e. The summed E-state index contributed by atoms with van der Waals surface area (Å²) in [5, 5.41) is 0. The number of fused-ring (bicyclic) bond motifs is 1. The Morgan fingerprint density at radius 1 is 1.36 bits per heavy atom. The van der Waals surface area contributed by atoms with Gasteiger partial charge >= 0.3 is 0 Å². The topological polar surface area (TPSA) is 26.0 Å². The number of thioether (sulfide) groups is 1. The molecule has 2 rings (SSSR count). The van der Waals surface area contributed by atoms with E-state index in [1.807, 2.05) is 11.8 Å². The Labute approximate surface area is 90.1 Å². The molecule has 0 spiro atoms. The summed E-state index contributed by atoms with van der Waals surface area (Å²) in [5.41, 5.74) is 7.50. The van der Waals surface area contributed by atoms with Gasteiger partial charge in [0.2, 0.25) is 0 Å². The van der Waals surface area contributed by atoms with E-state index < -0.39 is 0 Å². The Morgan fingerprint density at radius 3 is 2.64 bits per heavy atom. The number of hydrogen-bond acceptors (Lipinski definition) is 2. The molecule has 1 aromatic carbocycles. The van der Waals surface area contributed by atoms with Crippen LogP contribution in [0.15, 0.2) is 29.2 Å². The van der Waals surface area contributed by atoms with Gasteiger partial charge in [-0.2, -0.15) is 0 Å². The zero-order valence-electron chi connectivity index (χ0n) is 8.95. The van der Waals surface area contributed by atoms with Crippen molar-refractivity contribution >= 4 is 11.8 Å². The van der Waals surface area contributed by atoms with E-state index in [1.165, 1.54) is 10.5 Å². The van der Waals surface area contributed by atoms with Gasteiger partial charge in [0.15, 0.2) is 0 Å². The Morgan fingerprint density at radius 2 is 2.00 bits per heavy atom. The molecule has 14 heavy (non-hydrogen) atoms. The van der Waals surface area contributed by atoms with Crippen molar-refractivity contribution in [2.24, 2.45) is 5.73 Å². The van der Waals surface area contributed by atoms with Crippen molar-refractivity contribution in [3.05, 3.63) is 29.8 Å². The third-order valence-electron chi connectivity index (χ3n) is 2.90. The summed E-state index contributed by atoms with van der Waals surface area (Å²) in [4.78, 5) is 1.40. The van der Waals surface area contributed by atoms with Crippen LogP contribution in [0.5, 0.6) is 0 Å². The zero-order valence-corrected chi connectivity index (χ0v) is 9.77. The Hall–Kier alpha value is -0.470. The number of rotatable bonds is 1. The zero-order chi connectivity index (χ0) is 10.3. The Balaban J connectivity index is 2.48. The number of nitrogens with two attached hydrogens (primary N) is 1. The van der Waals surface area contributed by atoms with Crippen LogP contribution >= 0.6 is 11.8 Å². The maximum atomic E-state index is 6.07. The minimum Gasteiger partial charge on any atom is -0.327 e. The third-order valence-corrected chi connectivity index (χ3v) is 4.27. The molecular formula is C12H17NS. The van der Waals surface area contributed by atoms with Crippen LogP contribution in [0, 0.1) is 0 Å². The molecule has 0 aromatic heterocycles. The van der Waals surface area contributed by atoms with E-state index in [1.54, 1.807) is 0 Å². The molecule has 0 radical (unpaired) electrons. The van der Waals surface area contributed by atoms with Gasteiger partial charge in [-0.15, -0.1) is 11.8 Å². The highest BCUT2D eigenvalue weighted by Crippen LogP contribution is 2.53. The molecule has 1 aliphatic rings. The van der Waals surface area contributed by atoms with Crippen molar-refractivity contribution in [3.63, 3.8) is 0 Å². The van der Waals surface area contributed by atoms with Crippen molar-refractivity contribution in [1.82, 2.24) is 0 Å². The van der Waals surface area contributed by atoms with Crippen LogP contribution in [0.4, 0.5) is 0 Å². The van der Waals surface area contributed by atoms with Gasteiger partial charge < -0.3 is 5.73 Å². The Bertz CT molecular complexity index is 344. The molecule has 0 fully saturated rings. The molecule has 76 valence electrons. The van der Waals surface area contributed by atoms with E-state index in [0.717, 1.165) is 0 Å². The van der Waals surface area contributed by atoms with Crippen LogP contribution < -0.4 is 5.73 Å². The fraction of sp³-hybridized carbons (Fsp3) is 0.500. The second-order valence-corrected chi connectivity index (χ2v) is 6.28. The summed E-state index contributed by atoms with van der Waals surface area (Å²) in [6.07, 6.45) is 0. The lowest BCUT2D eigenvalue weighted by atomic mass is 9.83.